The summed E-state index contributed by atoms with van der Waals surface area (Å²) in [5.74, 6) is 0. The van der Waals surface area contributed by atoms with Gasteiger partial charge in [-0.1, -0.05) is 54.6 Å². The van der Waals surface area contributed by atoms with E-state index in [1.807, 2.05) is 0 Å². The van der Waals surface area contributed by atoms with Crippen molar-refractivity contribution in [2.45, 2.75) is 78.7 Å². The quantitative estimate of drug-likeness (QED) is 0.594. The number of fused-ring (bicyclic) bond motifs is 2. The molecule has 1 aliphatic heterocycles. The third-order valence-electron chi connectivity index (χ3n) is 5.45. The molecule has 1 atom stereocenters. The van der Waals surface area contributed by atoms with Gasteiger partial charge in [0.05, 0.1) is 18.1 Å². The van der Waals surface area contributed by atoms with E-state index < -0.39 is 0 Å². The number of nitrogens with zero attached hydrogens (tertiary/aromatic N) is 4. The van der Waals surface area contributed by atoms with Gasteiger partial charge in [-0.3, -0.25) is 5.01 Å². The van der Waals surface area contributed by atoms with Gasteiger partial charge in [-0.25, -0.2) is 0 Å². The van der Waals surface area contributed by atoms with Gasteiger partial charge in [0, 0.05) is 18.3 Å². The molecule has 1 heterocycles. The van der Waals surface area contributed by atoms with Crippen molar-refractivity contribution < 1.29 is 0 Å². The van der Waals surface area contributed by atoms with Crippen molar-refractivity contribution >= 4 is 5.69 Å². The molecule has 3 rings (SSSR count). The summed E-state index contributed by atoms with van der Waals surface area (Å²) in [6.07, 6.45) is 0.988. The second kappa shape index (κ2) is 8.34. The molecule has 0 saturated carbocycles. The first-order chi connectivity index (χ1) is 13.3. The topological polar surface area (TPSA) is 31.2 Å². The van der Waals surface area contributed by atoms with Gasteiger partial charge >= 0.3 is 0 Å². The lowest BCUT2D eigenvalue weighted by Crippen LogP contribution is -2.40. The molecule has 0 aliphatic carbocycles. The highest BCUT2D eigenvalue weighted by Gasteiger charge is 2.30. The normalized spacial score (nSPS) is 17.9. The fourth-order valence-electron chi connectivity index (χ4n) is 4.02. The Balaban J connectivity index is 2.20. The molecule has 0 spiro atoms. The Morgan fingerprint density at radius 2 is 1.64 bits per heavy atom. The van der Waals surface area contributed by atoms with E-state index in [1.165, 1.54) is 22.4 Å². The number of hydrogen-bond donors (Lipinski definition) is 0. The largest absolute Gasteiger partial charge is 0.364 e. The maximum absolute atomic E-state index is 4.76. The van der Waals surface area contributed by atoms with Crippen molar-refractivity contribution in [2.75, 3.05) is 4.90 Å². The summed E-state index contributed by atoms with van der Waals surface area (Å²) < 4.78 is 0. The monoisotopic (exact) mass is 378 g/mol. The molecule has 0 aromatic heterocycles. The van der Waals surface area contributed by atoms with Crippen LogP contribution in [0.5, 0.6) is 0 Å². The average Bonchev–Trinajstić information content (AvgIpc) is 2.68. The second-order valence-electron chi connectivity index (χ2n) is 8.88. The maximum atomic E-state index is 4.76. The van der Waals surface area contributed by atoms with Crippen LogP contribution in [-0.4, -0.2) is 16.6 Å². The number of anilines is 1. The minimum absolute atomic E-state index is 0.109. The van der Waals surface area contributed by atoms with E-state index in [4.69, 9.17) is 5.22 Å². The van der Waals surface area contributed by atoms with Crippen molar-refractivity contribution in [3.05, 3.63) is 65.2 Å². The molecule has 1 unspecified atom stereocenters. The van der Waals surface area contributed by atoms with Crippen LogP contribution in [0.15, 0.2) is 58.9 Å². The van der Waals surface area contributed by atoms with Crippen LogP contribution >= 0.6 is 0 Å². The highest BCUT2D eigenvalue weighted by atomic mass is 15.6. The fourth-order valence-corrected chi connectivity index (χ4v) is 4.02. The molecule has 0 saturated heterocycles. The Morgan fingerprint density at radius 1 is 1.00 bits per heavy atom. The number of para-hydroxylation sites is 1. The SMILES string of the molecule is CCC1c2ccccc2CN(C(C)C)c2ccccc2CN=NN1C(C)(C)C. The average molecular weight is 379 g/mol. The molecule has 4 nitrogen and oxygen atoms in total. The van der Waals surface area contributed by atoms with Gasteiger partial charge in [0.25, 0.3) is 0 Å². The Bertz CT molecular complexity index is 819. The third-order valence-corrected chi connectivity index (χ3v) is 5.45. The lowest BCUT2D eigenvalue weighted by atomic mass is 9.94. The standard InChI is InChI=1S/C24H34N4/c1-7-22-21-14-10-8-13-20(21)17-27(18(2)3)23-15-11-9-12-19(23)16-25-26-28(22)24(4,5)6/h8-15,18,22H,7,16-17H2,1-6H3. The van der Waals surface area contributed by atoms with E-state index in [-0.39, 0.29) is 11.6 Å². The molecule has 28 heavy (non-hydrogen) atoms. The lowest BCUT2D eigenvalue weighted by molar-refractivity contribution is 0.0697. The van der Waals surface area contributed by atoms with Gasteiger partial charge in [0.1, 0.15) is 0 Å². The smallest absolute Gasteiger partial charge is 0.0890 e. The van der Waals surface area contributed by atoms with Crippen LogP contribution in [0.2, 0.25) is 0 Å². The molecule has 0 bridgehead atoms. The first-order valence-electron chi connectivity index (χ1n) is 10.4. The zero-order valence-corrected chi connectivity index (χ0v) is 18.2. The zero-order valence-electron chi connectivity index (χ0n) is 18.2. The van der Waals surface area contributed by atoms with Crippen LogP contribution in [0.25, 0.3) is 0 Å². The van der Waals surface area contributed by atoms with Crippen LogP contribution in [0.1, 0.15) is 70.7 Å². The minimum atomic E-state index is -0.109. The van der Waals surface area contributed by atoms with E-state index >= 15 is 0 Å². The first kappa shape index (κ1) is 20.4. The molecular formula is C24H34N4. The van der Waals surface area contributed by atoms with Gasteiger partial charge in [0.2, 0.25) is 0 Å². The van der Waals surface area contributed by atoms with Gasteiger partial charge in [-0.05, 0) is 63.8 Å². The van der Waals surface area contributed by atoms with Crippen molar-refractivity contribution in [1.29, 1.82) is 0 Å². The molecule has 0 N–H and O–H groups in total. The van der Waals surface area contributed by atoms with Crippen molar-refractivity contribution in [3.63, 3.8) is 0 Å². The van der Waals surface area contributed by atoms with E-state index in [0.29, 0.717) is 12.6 Å². The summed E-state index contributed by atoms with van der Waals surface area (Å²) >= 11 is 0. The van der Waals surface area contributed by atoms with Crippen LogP contribution in [0.3, 0.4) is 0 Å². The van der Waals surface area contributed by atoms with Crippen molar-refractivity contribution in [3.8, 4) is 0 Å². The van der Waals surface area contributed by atoms with E-state index in [9.17, 15) is 0 Å². The summed E-state index contributed by atoms with van der Waals surface area (Å²) in [4.78, 5) is 2.49. The second-order valence-corrected chi connectivity index (χ2v) is 8.88. The molecule has 1 aliphatic rings. The van der Waals surface area contributed by atoms with E-state index in [0.717, 1.165) is 13.0 Å². The number of rotatable bonds is 2. The van der Waals surface area contributed by atoms with Gasteiger partial charge in [-0.15, -0.1) is 0 Å². The highest BCUT2D eigenvalue weighted by Crippen LogP contribution is 2.36. The molecule has 4 heteroatoms. The third kappa shape index (κ3) is 4.21. The first-order valence-corrected chi connectivity index (χ1v) is 10.4. The van der Waals surface area contributed by atoms with Gasteiger partial charge in [0.15, 0.2) is 0 Å². The molecule has 0 fully saturated rings. The van der Waals surface area contributed by atoms with Gasteiger partial charge < -0.3 is 4.90 Å². The maximum Gasteiger partial charge on any atom is 0.0890 e. The van der Waals surface area contributed by atoms with Crippen LogP contribution in [-0.2, 0) is 13.1 Å². The van der Waals surface area contributed by atoms with Crippen LogP contribution < -0.4 is 4.90 Å². The number of hydrogen-bond acceptors (Lipinski definition) is 4. The predicted octanol–water partition coefficient (Wildman–Crippen LogP) is 6.53. The van der Waals surface area contributed by atoms with E-state index in [1.54, 1.807) is 0 Å². The van der Waals surface area contributed by atoms with Crippen molar-refractivity contribution in [1.82, 2.24) is 5.01 Å². The van der Waals surface area contributed by atoms with Gasteiger partial charge in [-0.2, -0.15) is 5.11 Å². The minimum Gasteiger partial charge on any atom is -0.364 e. The summed E-state index contributed by atoms with van der Waals surface area (Å²) in [6.45, 7) is 14.9. The molecule has 150 valence electrons. The Morgan fingerprint density at radius 3 is 2.29 bits per heavy atom. The molecule has 0 radical (unpaired) electrons. The Kier molecular flexibility index (Phi) is 6.07. The summed E-state index contributed by atoms with van der Waals surface area (Å²) in [5.41, 5.74) is 5.08. The fraction of sp³-hybridized carbons (Fsp3) is 0.500. The molecule has 2 aromatic carbocycles. The lowest BCUT2D eigenvalue weighted by Gasteiger charge is -2.39. The summed E-state index contributed by atoms with van der Waals surface area (Å²) in [7, 11) is 0. The van der Waals surface area contributed by atoms with Crippen LogP contribution in [0, 0.1) is 0 Å². The molecule has 0 amide bonds. The molecular weight excluding hydrogens is 344 g/mol. The van der Waals surface area contributed by atoms with Crippen LogP contribution in [0.4, 0.5) is 5.69 Å². The Labute approximate surface area is 170 Å². The summed E-state index contributed by atoms with van der Waals surface area (Å²) in [6, 6.07) is 18.0. The molecule has 2 aromatic rings. The van der Waals surface area contributed by atoms with Crippen molar-refractivity contribution in [2.24, 2.45) is 10.3 Å². The highest BCUT2D eigenvalue weighted by molar-refractivity contribution is 5.55. The summed E-state index contributed by atoms with van der Waals surface area (Å²) in [5, 5.41) is 11.6. The zero-order chi connectivity index (χ0) is 20.3. The predicted molar refractivity (Wildman–Crippen MR) is 117 cm³/mol. The Hall–Kier alpha value is -2.36. The number of benzene rings is 2. The van der Waals surface area contributed by atoms with E-state index in [2.05, 4.69) is 105 Å².